The van der Waals surface area contributed by atoms with Crippen LogP contribution in [0.2, 0.25) is 0 Å². The first-order chi connectivity index (χ1) is 8.74. The maximum Gasteiger partial charge on any atom is 0.132 e. The highest BCUT2D eigenvalue weighted by Crippen LogP contribution is 2.24. The van der Waals surface area contributed by atoms with E-state index in [9.17, 15) is 8.78 Å². The van der Waals surface area contributed by atoms with Crippen LogP contribution in [0.15, 0.2) is 54.7 Å². The summed E-state index contributed by atoms with van der Waals surface area (Å²) in [5.74, 6) is -0.595. The van der Waals surface area contributed by atoms with Crippen LogP contribution in [0.25, 0.3) is 22.0 Å². The Kier molecular flexibility index (Phi) is 2.52. The number of hydrogen-bond acceptors (Lipinski definition) is 1. The second-order valence-corrected chi connectivity index (χ2v) is 4.04. The lowest BCUT2D eigenvalue weighted by atomic mass is 10.1. The molecule has 0 N–H and O–H groups in total. The van der Waals surface area contributed by atoms with Crippen molar-refractivity contribution in [3.05, 3.63) is 66.4 Å². The maximum absolute atomic E-state index is 13.6. The molecular weight excluding hydrogens is 232 g/mol. The third-order valence-electron chi connectivity index (χ3n) is 2.85. The third kappa shape index (κ3) is 1.84. The summed E-state index contributed by atoms with van der Waals surface area (Å²) in [7, 11) is 0. The lowest BCUT2D eigenvalue weighted by molar-refractivity contribution is 0.628. The molecule has 0 atom stereocenters. The molecule has 2 aromatic carbocycles. The summed E-state index contributed by atoms with van der Waals surface area (Å²) in [6, 6.07) is 12.6. The standard InChI is InChI=1S/C15H9F2N/c16-12-6-4-10(5-7-12)11-8-13-14(17)2-1-3-15(13)18-9-11/h1-9H. The minimum absolute atomic E-state index is 0.293. The number of nitrogens with zero attached hydrogens (tertiary/aromatic N) is 1. The van der Waals surface area contributed by atoms with Crippen LogP contribution >= 0.6 is 0 Å². The van der Waals surface area contributed by atoms with Crippen LogP contribution in [0, 0.1) is 11.6 Å². The fraction of sp³-hybridized carbons (Fsp3) is 0. The molecule has 1 aromatic heterocycles. The highest BCUT2D eigenvalue weighted by Gasteiger charge is 2.04. The Morgan fingerprint density at radius 3 is 2.39 bits per heavy atom. The van der Waals surface area contributed by atoms with E-state index >= 15 is 0 Å². The molecule has 0 fully saturated rings. The van der Waals surface area contributed by atoms with Crippen LogP contribution in [0.1, 0.15) is 0 Å². The van der Waals surface area contributed by atoms with Crippen molar-refractivity contribution >= 4 is 10.9 Å². The van der Waals surface area contributed by atoms with Crippen LogP contribution < -0.4 is 0 Å². The van der Waals surface area contributed by atoms with Gasteiger partial charge in [-0.25, -0.2) is 8.78 Å². The van der Waals surface area contributed by atoms with Crippen molar-refractivity contribution in [2.24, 2.45) is 0 Å². The minimum Gasteiger partial charge on any atom is -0.256 e. The number of halogens is 2. The van der Waals surface area contributed by atoms with Crippen molar-refractivity contribution in [2.75, 3.05) is 0 Å². The van der Waals surface area contributed by atoms with Gasteiger partial charge >= 0.3 is 0 Å². The predicted octanol–water partition coefficient (Wildman–Crippen LogP) is 4.18. The highest BCUT2D eigenvalue weighted by molar-refractivity contribution is 5.83. The second-order valence-electron chi connectivity index (χ2n) is 4.04. The Labute approximate surface area is 103 Å². The van der Waals surface area contributed by atoms with Gasteiger partial charge in [0, 0.05) is 17.1 Å². The zero-order valence-corrected chi connectivity index (χ0v) is 9.40. The fourth-order valence-corrected chi connectivity index (χ4v) is 1.91. The van der Waals surface area contributed by atoms with E-state index in [4.69, 9.17) is 0 Å². The molecule has 0 bridgehead atoms. The van der Waals surface area contributed by atoms with Crippen LogP contribution in [0.4, 0.5) is 8.78 Å². The Hall–Kier alpha value is -2.29. The molecule has 88 valence electrons. The maximum atomic E-state index is 13.6. The van der Waals surface area contributed by atoms with Gasteiger partial charge in [-0.05, 0) is 35.9 Å². The van der Waals surface area contributed by atoms with E-state index < -0.39 is 0 Å². The van der Waals surface area contributed by atoms with Gasteiger partial charge in [0.25, 0.3) is 0 Å². The smallest absolute Gasteiger partial charge is 0.132 e. The van der Waals surface area contributed by atoms with Crippen molar-refractivity contribution in [3.8, 4) is 11.1 Å². The average Bonchev–Trinajstić information content (AvgIpc) is 2.40. The quantitative estimate of drug-likeness (QED) is 0.622. The number of fused-ring (bicyclic) bond motifs is 1. The lowest BCUT2D eigenvalue weighted by Crippen LogP contribution is -1.86. The Bertz CT molecular complexity index is 705. The van der Waals surface area contributed by atoms with E-state index in [1.165, 1.54) is 18.2 Å². The van der Waals surface area contributed by atoms with Crippen molar-refractivity contribution in [1.82, 2.24) is 4.98 Å². The van der Waals surface area contributed by atoms with Gasteiger partial charge in [0.05, 0.1) is 5.52 Å². The summed E-state index contributed by atoms with van der Waals surface area (Å²) >= 11 is 0. The van der Waals surface area contributed by atoms with E-state index in [1.54, 1.807) is 36.5 Å². The van der Waals surface area contributed by atoms with Gasteiger partial charge in [-0.3, -0.25) is 4.98 Å². The SMILES string of the molecule is Fc1ccc(-c2cnc3cccc(F)c3c2)cc1. The molecule has 0 saturated carbocycles. The summed E-state index contributed by atoms with van der Waals surface area (Å²) in [6.07, 6.45) is 1.66. The first-order valence-electron chi connectivity index (χ1n) is 5.54. The summed E-state index contributed by atoms with van der Waals surface area (Å²) in [4.78, 5) is 4.21. The summed E-state index contributed by atoms with van der Waals surface area (Å²) < 4.78 is 26.5. The van der Waals surface area contributed by atoms with Gasteiger partial charge in [-0.2, -0.15) is 0 Å². The summed E-state index contributed by atoms with van der Waals surface area (Å²) in [5, 5.41) is 0.472. The second kappa shape index (κ2) is 4.18. The molecule has 0 aliphatic heterocycles. The van der Waals surface area contributed by atoms with Crippen molar-refractivity contribution in [2.45, 2.75) is 0 Å². The molecule has 0 aliphatic carbocycles. The zero-order valence-electron chi connectivity index (χ0n) is 9.40. The van der Waals surface area contributed by atoms with Crippen molar-refractivity contribution in [3.63, 3.8) is 0 Å². The topological polar surface area (TPSA) is 12.9 Å². The van der Waals surface area contributed by atoms with Crippen LogP contribution in [-0.2, 0) is 0 Å². The molecule has 0 saturated heterocycles. The highest BCUT2D eigenvalue weighted by atomic mass is 19.1. The normalized spacial score (nSPS) is 10.8. The predicted molar refractivity (Wildman–Crippen MR) is 67.1 cm³/mol. The van der Waals surface area contributed by atoms with Gasteiger partial charge in [0.2, 0.25) is 0 Å². The number of aromatic nitrogens is 1. The average molecular weight is 241 g/mol. The number of rotatable bonds is 1. The van der Waals surface area contributed by atoms with Gasteiger partial charge in [0.1, 0.15) is 11.6 Å². The molecule has 0 aliphatic rings. The van der Waals surface area contributed by atoms with E-state index in [0.717, 1.165) is 11.1 Å². The molecule has 1 nitrogen and oxygen atoms in total. The number of benzene rings is 2. The third-order valence-corrected chi connectivity index (χ3v) is 2.85. The van der Waals surface area contributed by atoms with Gasteiger partial charge < -0.3 is 0 Å². The number of hydrogen-bond donors (Lipinski definition) is 0. The summed E-state index contributed by atoms with van der Waals surface area (Å²) in [5.41, 5.74) is 2.20. The molecule has 0 spiro atoms. The Morgan fingerprint density at radius 1 is 0.833 bits per heavy atom. The molecule has 1 heterocycles. The van der Waals surface area contributed by atoms with Crippen LogP contribution in [-0.4, -0.2) is 4.98 Å². The lowest BCUT2D eigenvalue weighted by Gasteiger charge is -2.04. The Morgan fingerprint density at radius 2 is 1.61 bits per heavy atom. The zero-order chi connectivity index (χ0) is 12.5. The van der Waals surface area contributed by atoms with Gasteiger partial charge in [0.15, 0.2) is 0 Å². The van der Waals surface area contributed by atoms with Crippen molar-refractivity contribution < 1.29 is 8.78 Å². The van der Waals surface area contributed by atoms with Crippen LogP contribution in [0.5, 0.6) is 0 Å². The first-order valence-corrected chi connectivity index (χ1v) is 5.54. The van der Waals surface area contributed by atoms with E-state index in [2.05, 4.69) is 4.98 Å². The molecule has 0 radical (unpaired) electrons. The molecule has 3 rings (SSSR count). The van der Waals surface area contributed by atoms with E-state index in [0.29, 0.717) is 10.9 Å². The molecule has 18 heavy (non-hydrogen) atoms. The molecular formula is C15H9F2N. The Balaban J connectivity index is 2.18. The minimum atomic E-state index is -0.302. The monoisotopic (exact) mass is 241 g/mol. The van der Waals surface area contributed by atoms with Gasteiger partial charge in [-0.15, -0.1) is 0 Å². The van der Waals surface area contributed by atoms with Crippen molar-refractivity contribution in [1.29, 1.82) is 0 Å². The van der Waals surface area contributed by atoms with E-state index in [-0.39, 0.29) is 11.6 Å². The van der Waals surface area contributed by atoms with Crippen LogP contribution in [0.3, 0.4) is 0 Å². The molecule has 0 amide bonds. The summed E-state index contributed by atoms with van der Waals surface area (Å²) in [6.45, 7) is 0. The molecule has 3 aromatic rings. The fourth-order valence-electron chi connectivity index (χ4n) is 1.91. The molecule has 3 heteroatoms. The molecule has 0 unspecified atom stereocenters. The van der Waals surface area contributed by atoms with Gasteiger partial charge in [-0.1, -0.05) is 18.2 Å². The largest absolute Gasteiger partial charge is 0.256 e. The number of pyridine rings is 1. The van der Waals surface area contributed by atoms with E-state index in [1.807, 2.05) is 0 Å². The first kappa shape index (κ1) is 10.8.